The number of piperazine rings is 1. The first-order valence-electron chi connectivity index (χ1n) is 8.29. The Hall–Kier alpha value is -2.80. The number of hydrogen-bond acceptors (Lipinski definition) is 7. The quantitative estimate of drug-likeness (QED) is 0.555. The smallest absolute Gasteiger partial charge is 0.150 e. The number of aromatic nitrogens is 4. The van der Waals surface area contributed by atoms with E-state index in [0.29, 0.717) is 0 Å². The van der Waals surface area contributed by atoms with Crippen molar-refractivity contribution in [3.05, 3.63) is 49.1 Å². The van der Waals surface area contributed by atoms with E-state index >= 15 is 0 Å². The number of fused-ring (bicyclic) bond motifs is 3. The maximum Gasteiger partial charge on any atom is 0.150 e. The van der Waals surface area contributed by atoms with Gasteiger partial charge in [0.1, 0.15) is 22.8 Å². The van der Waals surface area contributed by atoms with Crippen LogP contribution in [-0.4, -0.2) is 46.1 Å². The van der Waals surface area contributed by atoms with E-state index in [1.54, 1.807) is 17.7 Å². The van der Waals surface area contributed by atoms with E-state index < -0.39 is 0 Å². The van der Waals surface area contributed by atoms with E-state index in [1.807, 2.05) is 30.6 Å². The van der Waals surface area contributed by atoms with Gasteiger partial charge in [-0.3, -0.25) is 0 Å². The lowest BCUT2D eigenvalue weighted by Crippen LogP contribution is -2.47. The average molecular weight is 348 g/mol. The summed E-state index contributed by atoms with van der Waals surface area (Å²) in [6.07, 6.45) is 5.35. The molecule has 6 nitrogen and oxygen atoms in total. The first kappa shape index (κ1) is 14.5. The predicted molar refractivity (Wildman–Crippen MR) is 101 cm³/mol. The summed E-state index contributed by atoms with van der Waals surface area (Å²) in [6.45, 7) is 3.71. The molecule has 0 aromatic carbocycles. The molecule has 0 radical (unpaired) electrons. The molecule has 0 aliphatic carbocycles. The van der Waals surface area contributed by atoms with Gasteiger partial charge in [-0.15, -0.1) is 11.3 Å². The predicted octanol–water partition coefficient (Wildman–Crippen LogP) is 2.96. The van der Waals surface area contributed by atoms with Crippen LogP contribution in [0.25, 0.3) is 20.4 Å². The second-order valence-corrected chi connectivity index (χ2v) is 6.99. The summed E-state index contributed by atoms with van der Waals surface area (Å²) in [6, 6.07) is 10.1. The molecule has 0 N–H and O–H groups in total. The van der Waals surface area contributed by atoms with Crippen molar-refractivity contribution in [1.82, 2.24) is 19.9 Å². The van der Waals surface area contributed by atoms with Gasteiger partial charge in [0, 0.05) is 44.0 Å². The Morgan fingerprint density at radius 3 is 2.48 bits per heavy atom. The molecule has 25 heavy (non-hydrogen) atoms. The van der Waals surface area contributed by atoms with Crippen molar-refractivity contribution >= 4 is 43.4 Å². The van der Waals surface area contributed by atoms with Gasteiger partial charge >= 0.3 is 0 Å². The lowest BCUT2D eigenvalue weighted by Gasteiger charge is -2.36. The Morgan fingerprint density at radius 2 is 1.64 bits per heavy atom. The van der Waals surface area contributed by atoms with Gasteiger partial charge in [-0.1, -0.05) is 6.07 Å². The summed E-state index contributed by atoms with van der Waals surface area (Å²) in [5.41, 5.74) is 1.00. The fourth-order valence-electron chi connectivity index (χ4n) is 3.31. The minimum absolute atomic E-state index is 0.921. The molecule has 4 aromatic rings. The molecule has 0 unspecified atom stereocenters. The van der Waals surface area contributed by atoms with Crippen molar-refractivity contribution in [3.8, 4) is 0 Å². The number of rotatable bonds is 2. The van der Waals surface area contributed by atoms with Crippen molar-refractivity contribution in [2.24, 2.45) is 0 Å². The van der Waals surface area contributed by atoms with E-state index in [2.05, 4.69) is 41.9 Å². The van der Waals surface area contributed by atoms with Gasteiger partial charge in [0.15, 0.2) is 0 Å². The third kappa shape index (κ3) is 2.47. The second kappa shape index (κ2) is 5.93. The van der Waals surface area contributed by atoms with Crippen molar-refractivity contribution in [1.29, 1.82) is 0 Å². The van der Waals surface area contributed by atoms with Crippen molar-refractivity contribution < 1.29 is 0 Å². The number of pyridine rings is 2. The van der Waals surface area contributed by atoms with Crippen LogP contribution in [0.15, 0.2) is 49.1 Å². The topological polar surface area (TPSA) is 58.0 Å². The van der Waals surface area contributed by atoms with Gasteiger partial charge in [-0.25, -0.2) is 19.9 Å². The van der Waals surface area contributed by atoms with Gasteiger partial charge < -0.3 is 9.80 Å². The SMILES string of the molecule is c1ccc(N2CCN(c3ncnc4c3sc3ncccc34)CC2)nc1. The number of anilines is 2. The molecule has 0 spiro atoms. The maximum absolute atomic E-state index is 4.59. The Morgan fingerprint density at radius 1 is 0.800 bits per heavy atom. The summed E-state index contributed by atoms with van der Waals surface area (Å²) in [7, 11) is 0. The molecule has 1 fully saturated rings. The molecule has 0 amide bonds. The van der Waals surface area contributed by atoms with Crippen LogP contribution in [0.4, 0.5) is 11.6 Å². The Bertz CT molecular complexity index is 1020. The fraction of sp³-hybridized carbons (Fsp3) is 0.222. The minimum atomic E-state index is 0.921. The van der Waals surface area contributed by atoms with Gasteiger partial charge in [0.2, 0.25) is 0 Å². The summed E-state index contributed by atoms with van der Waals surface area (Å²) in [5.74, 6) is 2.06. The van der Waals surface area contributed by atoms with Crippen LogP contribution in [0, 0.1) is 0 Å². The highest BCUT2D eigenvalue weighted by Crippen LogP contribution is 2.36. The van der Waals surface area contributed by atoms with Crippen LogP contribution in [0.2, 0.25) is 0 Å². The van der Waals surface area contributed by atoms with Crippen molar-refractivity contribution in [2.45, 2.75) is 0 Å². The van der Waals surface area contributed by atoms with Gasteiger partial charge in [-0.05, 0) is 24.3 Å². The Kier molecular flexibility index (Phi) is 3.45. The summed E-state index contributed by atoms with van der Waals surface area (Å²) in [5, 5.41) is 1.11. The largest absolute Gasteiger partial charge is 0.353 e. The van der Waals surface area contributed by atoms with E-state index in [9.17, 15) is 0 Å². The molecular weight excluding hydrogens is 332 g/mol. The Labute approximate surface area is 148 Å². The lowest BCUT2D eigenvalue weighted by atomic mass is 10.2. The third-order valence-electron chi connectivity index (χ3n) is 4.56. The van der Waals surface area contributed by atoms with E-state index in [4.69, 9.17) is 0 Å². The van der Waals surface area contributed by atoms with E-state index in [1.165, 1.54) is 0 Å². The Balaban J connectivity index is 1.46. The monoisotopic (exact) mass is 348 g/mol. The number of thiophene rings is 1. The molecule has 5 rings (SSSR count). The maximum atomic E-state index is 4.59. The molecule has 1 aliphatic heterocycles. The molecule has 1 saturated heterocycles. The highest BCUT2D eigenvalue weighted by molar-refractivity contribution is 7.25. The van der Waals surface area contributed by atoms with Gasteiger partial charge in [0.25, 0.3) is 0 Å². The molecule has 4 aromatic heterocycles. The average Bonchev–Trinajstić information content (AvgIpc) is 3.08. The van der Waals surface area contributed by atoms with Crippen LogP contribution in [0.1, 0.15) is 0 Å². The lowest BCUT2D eigenvalue weighted by molar-refractivity contribution is 0.643. The zero-order valence-electron chi connectivity index (χ0n) is 13.5. The summed E-state index contributed by atoms with van der Waals surface area (Å²) < 4.78 is 1.13. The molecule has 0 saturated carbocycles. The number of hydrogen-bond donors (Lipinski definition) is 0. The molecule has 124 valence electrons. The molecule has 7 heteroatoms. The van der Waals surface area contributed by atoms with Crippen LogP contribution in [0.3, 0.4) is 0 Å². The highest BCUT2D eigenvalue weighted by atomic mass is 32.1. The van der Waals surface area contributed by atoms with Crippen molar-refractivity contribution in [2.75, 3.05) is 36.0 Å². The summed E-state index contributed by atoms with van der Waals surface area (Å²) >= 11 is 1.68. The van der Waals surface area contributed by atoms with Crippen molar-refractivity contribution in [3.63, 3.8) is 0 Å². The molecule has 5 heterocycles. The zero-order chi connectivity index (χ0) is 16.6. The third-order valence-corrected chi connectivity index (χ3v) is 5.66. The standard InChI is InChI=1S/C18H16N6S/c1-2-6-19-14(5-1)23-8-10-24(11-9-23)17-16-15(21-12-22-17)13-4-3-7-20-18(13)25-16/h1-7,12H,8-11H2. The first-order valence-corrected chi connectivity index (χ1v) is 9.11. The minimum Gasteiger partial charge on any atom is -0.353 e. The second-order valence-electron chi connectivity index (χ2n) is 6.00. The fourth-order valence-corrected chi connectivity index (χ4v) is 4.43. The highest BCUT2D eigenvalue weighted by Gasteiger charge is 2.22. The molecule has 0 bridgehead atoms. The number of nitrogens with zero attached hydrogens (tertiary/aromatic N) is 6. The van der Waals surface area contributed by atoms with E-state index in [0.717, 1.165) is 58.2 Å². The molecule has 0 atom stereocenters. The van der Waals surface area contributed by atoms with Crippen LogP contribution < -0.4 is 9.80 Å². The van der Waals surface area contributed by atoms with Crippen LogP contribution >= 0.6 is 11.3 Å². The van der Waals surface area contributed by atoms with Gasteiger partial charge in [0.05, 0.1) is 10.2 Å². The normalized spacial score (nSPS) is 15.2. The zero-order valence-corrected chi connectivity index (χ0v) is 14.4. The summed E-state index contributed by atoms with van der Waals surface area (Å²) in [4.78, 5) is 23.7. The van der Waals surface area contributed by atoms with Gasteiger partial charge in [-0.2, -0.15) is 0 Å². The van der Waals surface area contributed by atoms with Crippen LogP contribution in [-0.2, 0) is 0 Å². The van der Waals surface area contributed by atoms with E-state index in [-0.39, 0.29) is 0 Å². The van der Waals surface area contributed by atoms with Crippen LogP contribution in [0.5, 0.6) is 0 Å². The molecule has 1 aliphatic rings. The molecular formula is C18H16N6S. The first-order chi connectivity index (χ1) is 12.4.